The number of H-pyrrole nitrogens is 1. The lowest BCUT2D eigenvalue weighted by Gasteiger charge is -1.99. The lowest BCUT2D eigenvalue weighted by molar-refractivity contribution is 0.0527. The summed E-state index contributed by atoms with van der Waals surface area (Å²) in [5.74, 6) is -0.475. The van der Waals surface area contributed by atoms with Crippen molar-refractivity contribution < 1.29 is 9.53 Å². The second-order valence-corrected chi connectivity index (χ2v) is 3.28. The van der Waals surface area contributed by atoms with Gasteiger partial charge in [-0.25, -0.2) is 9.31 Å². The van der Waals surface area contributed by atoms with Gasteiger partial charge >= 0.3 is 5.97 Å². The zero-order valence-electron chi connectivity index (χ0n) is 8.98. The Morgan fingerprint density at radius 1 is 1.62 bits per heavy atom. The van der Waals surface area contributed by atoms with Crippen molar-refractivity contribution in [3.8, 4) is 0 Å². The summed E-state index contributed by atoms with van der Waals surface area (Å²) >= 11 is 0. The summed E-state index contributed by atoms with van der Waals surface area (Å²) in [4.78, 5) is 25.4. The summed E-state index contributed by atoms with van der Waals surface area (Å²) < 4.78 is 6.35. The van der Waals surface area contributed by atoms with Gasteiger partial charge in [-0.05, 0) is 13.8 Å². The maximum Gasteiger partial charge on any atom is 0.343 e. The van der Waals surface area contributed by atoms with Crippen LogP contribution in [0.25, 0.3) is 5.65 Å². The minimum atomic E-state index is -0.475. The zero-order valence-corrected chi connectivity index (χ0v) is 8.98. The molecular formula is C10H11N3O3. The van der Waals surface area contributed by atoms with Gasteiger partial charge in [0.1, 0.15) is 5.56 Å². The van der Waals surface area contributed by atoms with Crippen molar-refractivity contribution in [2.75, 3.05) is 6.61 Å². The van der Waals surface area contributed by atoms with E-state index in [4.69, 9.17) is 4.74 Å². The molecule has 6 nitrogen and oxygen atoms in total. The van der Waals surface area contributed by atoms with Gasteiger partial charge in [-0.2, -0.15) is 5.10 Å². The van der Waals surface area contributed by atoms with Gasteiger partial charge < -0.3 is 9.72 Å². The van der Waals surface area contributed by atoms with E-state index in [1.807, 2.05) is 0 Å². The molecule has 2 aromatic heterocycles. The number of hydrogen-bond acceptors (Lipinski definition) is 4. The number of nitrogens with zero attached hydrogens (tertiary/aromatic N) is 2. The van der Waals surface area contributed by atoms with Crippen molar-refractivity contribution in [2.24, 2.45) is 0 Å². The van der Waals surface area contributed by atoms with Gasteiger partial charge in [0.2, 0.25) is 0 Å². The molecule has 0 bridgehead atoms. The Labute approximate surface area is 90.9 Å². The molecule has 16 heavy (non-hydrogen) atoms. The SMILES string of the molecule is CCOC(=O)c1c(C)nn2ccc(=O)[nH]c12. The van der Waals surface area contributed by atoms with E-state index in [1.165, 1.54) is 16.8 Å². The first-order valence-electron chi connectivity index (χ1n) is 4.89. The zero-order chi connectivity index (χ0) is 11.7. The minimum Gasteiger partial charge on any atom is -0.462 e. The van der Waals surface area contributed by atoms with Gasteiger partial charge in [0.15, 0.2) is 5.65 Å². The summed E-state index contributed by atoms with van der Waals surface area (Å²) in [6, 6.07) is 1.34. The number of nitrogens with one attached hydrogen (secondary N) is 1. The molecule has 6 heteroatoms. The molecule has 0 saturated heterocycles. The van der Waals surface area contributed by atoms with Gasteiger partial charge in [0.25, 0.3) is 5.56 Å². The fourth-order valence-corrected chi connectivity index (χ4v) is 1.52. The van der Waals surface area contributed by atoms with Gasteiger partial charge in [-0.1, -0.05) is 0 Å². The number of carbonyl (C=O) groups excluding carboxylic acids is 1. The molecule has 84 valence electrons. The average molecular weight is 221 g/mol. The molecule has 0 radical (unpaired) electrons. The largest absolute Gasteiger partial charge is 0.462 e. The van der Waals surface area contributed by atoms with Crippen LogP contribution in [0.3, 0.4) is 0 Å². The van der Waals surface area contributed by atoms with E-state index in [0.29, 0.717) is 16.9 Å². The molecule has 0 aromatic carbocycles. The van der Waals surface area contributed by atoms with E-state index in [0.717, 1.165) is 0 Å². The lowest BCUT2D eigenvalue weighted by Crippen LogP contribution is -2.10. The Balaban J connectivity index is 2.67. The van der Waals surface area contributed by atoms with Gasteiger partial charge in [-0.3, -0.25) is 4.79 Å². The van der Waals surface area contributed by atoms with Gasteiger partial charge in [0.05, 0.1) is 12.3 Å². The van der Waals surface area contributed by atoms with E-state index in [2.05, 4.69) is 10.1 Å². The number of aromatic nitrogens is 3. The summed E-state index contributed by atoms with van der Waals surface area (Å²) in [5, 5.41) is 4.10. The molecule has 0 spiro atoms. The van der Waals surface area contributed by atoms with Crippen molar-refractivity contribution in [2.45, 2.75) is 13.8 Å². The smallest absolute Gasteiger partial charge is 0.343 e. The molecular weight excluding hydrogens is 210 g/mol. The van der Waals surface area contributed by atoms with Crippen molar-refractivity contribution in [1.82, 2.24) is 14.6 Å². The molecule has 2 heterocycles. The number of ether oxygens (including phenoxy) is 1. The maximum atomic E-state index is 11.7. The molecule has 0 saturated carbocycles. The Bertz CT molecular complexity index is 597. The van der Waals surface area contributed by atoms with E-state index in [1.54, 1.807) is 13.8 Å². The highest BCUT2D eigenvalue weighted by atomic mass is 16.5. The second kappa shape index (κ2) is 3.80. The van der Waals surface area contributed by atoms with Crippen LogP contribution in [0.2, 0.25) is 0 Å². The number of rotatable bonds is 2. The summed E-state index contributed by atoms with van der Waals surface area (Å²) in [6.45, 7) is 3.70. The predicted octanol–water partition coefficient (Wildman–Crippen LogP) is 0.508. The molecule has 0 fully saturated rings. The number of aryl methyl sites for hydroxylation is 1. The van der Waals surface area contributed by atoms with Crippen LogP contribution < -0.4 is 5.56 Å². The van der Waals surface area contributed by atoms with Crippen LogP contribution in [0.4, 0.5) is 0 Å². The standard InChI is InChI=1S/C10H11N3O3/c1-3-16-10(15)8-6(2)12-13-5-4-7(14)11-9(8)13/h4-5H,3H2,1-2H3,(H,11,14). The van der Waals surface area contributed by atoms with Gasteiger partial charge in [0, 0.05) is 12.3 Å². The molecule has 0 aliphatic heterocycles. The van der Waals surface area contributed by atoms with Crippen LogP contribution in [-0.2, 0) is 4.74 Å². The summed E-state index contributed by atoms with van der Waals surface area (Å²) in [6.07, 6.45) is 1.50. The van der Waals surface area contributed by atoms with Crippen molar-refractivity contribution in [3.05, 3.63) is 33.9 Å². The van der Waals surface area contributed by atoms with Crippen LogP contribution in [0.1, 0.15) is 23.0 Å². The van der Waals surface area contributed by atoms with Crippen LogP contribution in [0.5, 0.6) is 0 Å². The number of hydrogen-bond donors (Lipinski definition) is 1. The number of carbonyl (C=O) groups is 1. The average Bonchev–Trinajstić information content (AvgIpc) is 2.53. The fraction of sp³-hybridized carbons (Fsp3) is 0.300. The molecule has 0 aliphatic carbocycles. The molecule has 0 atom stereocenters. The second-order valence-electron chi connectivity index (χ2n) is 3.28. The molecule has 2 aromatic rings. The third-order valence-electron chi connectivity index (χ3n) is 2.17. The third kappa shape index (κ3) is 1.58. The first-order valence-corrected chi connectivity index (χ1v) is 4.89. The van der Waals surface area contributed by atoms with E-state index in [-0.39, 0.29) is 12.2 Å². The Morgan fingerprint density at radius 2 is 2.38 bits per heavy atom. The van der Waals surface area contributed by atoms with Crippen molar-refractivity contribution in [1.29, 1.82) is 0 Å². The monoisotopic (exact) mass is 221 g/mol. The van der Waals surface area contributed by atoms with E-state index < -0.39 is 5.97 Å². The van der Waals surface area contributed by atoms with Crippen molar-refractivity contribution in [3.63, 3.8) is 0 Å². The minimum absolute atomic E-state index is 0.280. The Hall–Kier alpha value is -2.11. The number of esters is 1. The number of aromatic amines is 1. The molecule has 1 N–H and O–H groups in total. The molecule has 2 rings (SSSR count). The highest BCUT2D eigenvalue weighted by Crippen LogP contribution is 2.12. The van der Waals surface area contributed by atoms with E-state index in [9.17, 15) is 9.59 Å². The first-order chi connectivity index (χ1) is 7.63. The third-order valence-corrected chi connectivity index (χ3v) is 2.17. The first kappa shape index (κ1) is 10.4. The fourth-order valence-electron chi connectivity index (χ4n) is 1.52. The quantitative estimate of drug-likeness (QED) is 0.749. The number of fused-ring (bicyclic) bond motifs is 1. The normalized spacial score (nSPS) is 10.6. The molecule has 0 amide bonds. The van der Waals surface area contributed by atoms with Crippen LogP contribution in [0.15, 0.2) is 17.1 Å². The van der Waals surface area contributed by atoms with Crippen LogP contribution in [-0.4, -0.2) is 27.2 Å². The summed E-state index contributed by atoms with van der Waals surface area (Å²) in [7, 11) is 0. The van der Waals surface area contributed by atoms with Crippen molar-refractivity contribution >= 4 is 11.6 Å². The van der Waals surface area contributed by atoms with Crippen LogP contribution in [0, 0.1) is 6.92 Å². The van der Waals surface area contributed by atoms with Crippen LogP contribution >= 0.6 is 0 Å². The highest BCUT2D eigenvalue weighted by molar-refractivity contribution is 5.97. The maximum absolute atomic E-state index is 11.7. The lowest BCUT2D eigenvalue weighted by atomic mass is 10.2. The topological polar surface area (TPSA) is 76.5 Å². The Kier molecular flexibility index (Phi) is 2.47. The summed E-state index contributed by atoms with van der Waals surface area (Å²) in [5.41, 5.74) is 0.918. The van der Waals surface area contributed by atoms with Gasteiger partial charge in [-0.15, -0.1) is 0 Å². The highest BCUT2D eigenvalue weighted by Gasteiger charge is 2.18. The van der Waals surface area contributed by atoms with E-state index >= 15 is 0 Å². The molecule has 0 aliphatic rings. The predicted molar refractivity (Wildman–Crippen MR) is 56.5 cm³/mol. The molecule has 0 unspecified atom stereocenters. The Morgan fingerprint density at radius 3 is 3.06 bits per heavy atom.